The first-order valence-corrected chi connectivity index (χ1v) is 10.2. The van der Waals surface area contributed by atoms with E-state index in [9.17, 15) is 0 Å². The van der Waals surface area contributed by atoms with Crippen LogP contribution in [0.2, 0.25) is 0 Å². The fourth-order valence-electron chi connectivity index (χ4n) is 3.59. The molecule has 3 heterocycles. The summed E-state index contributed by atoms with van der Waals surface area (Å²) < 4.78 is 5.75. The Morgan fingerprint density at radius 2 is 2.22 bits per heavy atom. The van der Waals surface area contributed by atoms with Crippen LogP contribution in [0.3, 0.4) is 0 Å². The highest BCUT2D eigenvalue weighted by atomic mass is 32.1. The largest absolute Gasteiger partial charge is 0.376 e. The van der Waals surface area contributed by atoms with E-state index in [0.717, 1.165) is 36.8 Å². The Labute approximate surface area is 165 Å². The van der Waals surface area contributed by atoms with E-state index in [0.29, 0.717) is 19.3 Å². The zero-order valence-electron chi connectivity index (χ0n) is 15.9. The number of ether oxygens (including phenoxy) is 1. The number of hydrogen-bond acceptors (Lipinski definition) is 6. The molecule has 0 bridgehead atoms. The van der Waals surface area contributed by atoms with Crippen LogP contribution in [0.1, 0.15) is 10.4 Å². The van der Waals surface area contributed by atoms with Gasteiger partial charge in [0.05, 0.1) is 36.2 Å². The molecule has 2 aliphatic rings. The molecule has 4 rings (SSSR count). The fourth-order valence-corrected chi connectivity index (χ4v) is 4.51. The molecule has 142 valence electrons. The number of nitrogens with zero attached hydrogens (tertiary/aromatic N) is 3. The summed E-state index contributed by atoms with van der Waals surface area (Å²) in [6.07, 6.45) is 1.80. The molecule has 1 aromatic carbocycles. The molecule has 1 aromatic heterocycles. The van der Waals surface area contributed by atoms with Crippen molar-refractivity contribution >= 4 is 33.5 Å². The molecule has 6 heteroatoms. The first-order valence-electron chi connectivity index (χ1n) is 9.35. The van der Waals surface area contributed by atoms with Crippen molar-refractivity contribution in [3.05, 3.63) is 53.4 Å². The summed E-state index contributed by atoms with van der Waals surface area (Å²) in [7, 11) is 2.17. The molecule has 0 spiro atoms. The second kappa shape index (κ2) is 7.84. The van der Waals surface area contributed by atoms with Crippen molar-refractivity contribution < 1.29 is 4.74 Å². The lowest BCUT2D eigenvalue weighted by atomic mass is 10.1. The monoisotopic (exact) mass is 382 g/mol. The predicted octanol–water partition coefficient (Wildman–Crippen LogP) is 4.01. The van der Waals surface area contributed by atoms with Gasteiger partial charge >= 0.3 is 0 Å². The Bertz CT molecular complexity index is 860. The lowest BCUT2D eigenvalue weighted by Gasteiger charge is -2.40. The molecule has 2 aliphatic heterocycles. The molecule has 1 atom stereocenters. The molecule has 27 heavy (non-hydrogen) atoms. The molecule has 1 saturated heterocycles. The molecule has 0 amide bonds. The van der Waals surface area contributed by atoms with Crippen LogP contribution in [0.15, 0.2) is 48.0 Å². The summed E-state index contributed by atoms with van der Waals surface area (Å²) in [5.41, 5.74) is 3.26. The minimum Gasteiger partial charge on any atom is -0.376 e. The van der Waals surface area contributed by atoms with Crippen molar-refractivity contribution in [1.29, 1.82) is 0 Å². The molecule has 1 fully saturated rings. The normalized spacial score (nSPS) is 19.6. The van der Waals surface area contributed by atoms with Gasteiger partial charge in [0, 0.05) is 24.5 Å². The van der Waals surface area contributed by atoms with E-state index in [1.165, 1.54) is 15.4 Å². The van der Waals surface area contributed by atoms with Gasteiger partial charge in [-0.05, 0) is 32.2 Å². The van der Waals surface area contributed by atoms with Crippen LogP contribution in [0.4, 0.5) is 16.4 Å². The van der Waals surface area contributed by atoms with Crippen LogP contribution in [-0.4, -0.2) is 61.6 Å². The van der Waals surface area contributed by atoms with Crippen molar-refractivity contribution in [3.63, 3.8) is 0 Å². The maximum Gasteiger partial charge on any atom is 0.139 e. The van der Waals surface area contributed by atoms with Gasteiger partial charge < -0.3 is 15.0 Å². The van der Waals surface area contributed by atoms with Crippen LogP contribution >= 0.6 is 11.3 Å². The van der Waals surface area contributed by atoms with Gasteiger partial charge in [-0.2, -0.15) is 0 Å². The Kier molecular flexibility index (Phi) is 5.29. The number of thiophene rings is 1. The topological polar surface area (TPSA) is 40.1 Å². The second-order valence-corrected chi connectivity index (χ2v) is 8.34. The Morgan fingerprint density at radius 1 is 1.37 bits per heavy atom. The molecule has 0 unspecified atom stereocenters. The number of likely N-dealkylation sites (N-methyl/N-ethyl adjacent to an activating group) is 1. The Balaban J connectivity index is 1.66. The van der Waals surface area contributed by atoms with E-state index in [2.05, 4.69) is 59.9 Å². The first kappa shape index (κ1) is 18.2. The fraction of sp³-hybridized carbons (Fsp3) is 0.381. The highest BCUT2D eigenvalue weighted by Crippen LogP contribution is 2.39. The molecular weight excluding hydrogens is 356 g/mol. The molecule has 0 radical (unpaired) electrons. The maximum absolute atomic E-state index is 5.75. The standard InChI is InChI=1S/C21H26N4OS/c1-4-11-26-14-16-13-25(10-9-24(16)3)20-17-12-15(2)27-21(17)23-19-8-6-5-7-18(19)22-20/h4-8,12,16,23H,1,9-11,13-14H2,2-3H3/t16-/m1/s1. The van der Waals surface area contributed by atoms with Crippen molar-refractivity contribution in [2.24, 2.45) is 4.99 Å². The number of hydrogen-bond donors (Lipinski definition) is 1. The average Bonchev–Trinajstić information content (AvgIpc) is 2.95. The highest BCUT2D eigenvalue weighted by Gasteiger charge is 2.30. The van der Waals surface area contributed by atoms with Gasteiger partial charge in [0.2, 0.25) is 0 Å². The highest BCUT2D eigenvalue weighted by molar-refractivity contribution is 7.16. The summed E-state index contributed by atoms with van der Waals surface area (Å²) in [6.45, 7) is 10.1. The molecule has 1 N–H and O–H groups in total. The smallest absolute Gasteiger partial charge is 0.139 e. The molecule has 2 aromatic rings. The van der Waals surface area contributed by atoms with Crippen LogP contribution in [0, 0.1) is 6.92 Å². The summed E-state index contributed by atoms with van der Waals surface area (Å²) in [5, 5.41) is 4.76. The van der Waals surface area contributed by atoms with E-state index < -0.39 is 0 Å². The van der Waals surface area contributed by atoms with Crippen LogP contribution < -0.4 is 5.32 Å². The van der Waals surface area contributed by atoms with Gasteiger partial charge in [0.1, 0.15) is 10.8 Å². The lowest BCUT2D eigenvalue weighted by molar-refractivity contribution is 0.0510. The van der Waals surface area contributed by atoms with Gasteiger partial charge in [0.15, 0.2) is 0 Å². The van der Waals surface area contributed by atoms with Gasteiger partial charge in [0.25, 0.3) is 0 Å². The number of rotatable bonds is 4. The van der Waals surface area contributed by atoms with E-state index in [1.807, 2.05) is 6.07 Å². The molecule has 0 aliphatic carbocycles. The summed E-state index contributed by atoms with van der Waals surface area (Å²) in [6, 6.07) is 10.9. The SMILES string of the molecule is C=CCOC[C@H]1CN(C2=Nc3ccccc3Nc3sc(C)cc32)CCN1C. The number of aryl methyl sites for hydroxylation is 1. The zero-order valence-corrected chi connectivity index (χ0v) is 16.8. The van der Waals surface area contributed by atoms with Crippen molar-refractivity contribution in [2.45, 2.75) is 13.0 Å². The zero-order chi connectivity index (χ0) is 18.8. The van der Waals surface area contributed by atoms with Gasteiger partial charge in [-0.1, -0.05) is 18.2 Å². The van der Waals surface area contributed by atoms with Crippen LogP contribution in [0.5, 0.6) is 0 Å². The van der Waals surface area contributed by atoms with E-state index in [-0.39, 0.29) is 0 Å². The van der Waals surface area contributed by atoms with Crippen LogP contribution in [-0.2, 0) is 4.74 Å². The Hall–Kier alpha value is -2.15. The summed E-state index contributed by atoms with van der Waals surface area (Å²) in [4.78, 5) is 11.2. The summed E-state index contributed by atoms with van der Waals surface area (Å²) in [5.74, 6) is 1.06. The average molecular weight is 383 g/mol. The first-order chi connectivity index (χ1) is 13.2. The van der Waals surface area contributed by atoms with E-state index in [1.54, 1.807) is 17.4 Å². The number of benzene rings is 1. The number of amidine groups is 1. The number of para-hydroxylation sites is 2. The van der Waals surface area contributed by atoms with Gasteiger partial charge in [-0.3, -0.25) is 4.90 Å². The second-order valence-electron chi connectivity index (χ2n) is 7.08. The van der Waals surface area contributed by atoms with E-state index in [4.69, 9.17) is 9.73 Å². The third-order valence-electron chi connectivity index (χ3n) is 5.10. The van der Waals surface area contributed by atoms with Crippen molar-refractivity contribution in [3.8, 4) is 0 Å². The number of piperazine rings is 1. The number of anilines is 2. The third kappa shape index (κ3) is 3.78. The molecule has 0 saturated carbocycles. The predicted molar refractivity (Wildman–Crippen MR) is 114 cm³/mol. The minimum atomic E-state index is 0.344. The summed E-state index contributed by atoms with van der Waals surface area (Å²) >= 11 is 1.79. The minimum absolute atomic E-state index is 0.344. The number of aliphatic imine (C=N–C) groups is 1. The lowest BCUT2D eigenvalue weighted by Crippen LogP contribution is -2.55. The number of nitrogens with one attached hydrogen (secondary N) is 1. The van der Waals surface area contributed by atoms with Crippen molar-refractivity contribution in [1.82, 2.24) is 9.80 Å². The van der Waals surface area contributed by atoms with Gasteiger partial charge in [-0.15, -0.1) is 17.9 Å². The van der Waals surface area contributed by atoms with Crippen LogP contribution in [0.25, 0.3) is 0 Å². The Morgan fingerprint density at radius 3 is 3.07 bits per heavy atom. The van der Waals surface area contributed by atoms with Gasteiger partial charge in [-0.25, -0.2) is 4.99 Å². The quantitative estimate of drug-likeness (QED) is 0.641. The maximum atomic E-state index is 5.75. The molecule has 5 nitrogen and oxygen atoms in total. The van der Waals surface area contributed by atoms with E-state index >= 15 is 0 Å². The number of fused-ring (bicyclic) bond motifs is 2. The molecular formula is C21H26N4OS. The third-order valence-corrected chi connectivity index (χ3v) is 6.06. The van der Waals surface area contributed by atoms with Crippen molar-refractivity contribution in [2.75, 3.05) is 45.2 Å².